The van der Waals surface area contributed by atoms with E-state index in [1.165, 1.54) is 84.7 Å². The number of hydrogen-bond donors (Lipinski definition) is 0. The Bertz CT molecular complexity index is 1080. The zero-order valence-corrected chi connectivity index (χ0v) is 31.5. The minimum Gasteiger partial charge on any atom is -0.493 e. The highest BCUT2D eigenvalue weighted by Gasteiger charge is 2.33. The molecule has 2 aliphatic heterocycles. The summed E-state index contributed by atoms with van der Waals surface area (Å²) >= 11 is 0. The van der Waals surface area contributed by atoms with Crippen LogP contribution < -0.4 is 9.47 Å². The van der Waals surface area contributed by atoms with Crippen LogP contribution in [0.1, 0.15) is 153 Å². The number of rotatable bonds is 24. The van der Waals surface area contributed by atoms with Crippen molar-refractivity contribution in [2.24, 2.45) is 11.8 Å². The molecule has 0 spiro atoms. The third kappa shape index (κ3) is 10.5. The third-order valence-corrected chi connectivity index (χ3v) is 11.0. The zero-order chi connectivity index (χ0) is 33.8. The summed E-state index contributed by atoms with van der Waals surface area (Å²) < 4.78 is 24.5. The fourth-order valence-electron chi connectivity index (χ4n) is 7.48. The summed E-state index contributed by atoms with van der Waals surface area (Å²) in [6, 6.07) is 9.71. The lowest BCUT2D eigenvalue weighted by Crippen LogP contribution is -2.21. The van der Waals surface area contributed by atoms with Gasteiger partial charge in [-0.25, -0.2) is 0 Å². The maximum absolute atomic E-state index is 6.60. The Morgan fingerprint density at radius 3 is 1.17 bits per heavy atom. The lowest BCUT2D eigenvalue weighted by atomic mass is 9.75. The van der Waals surface area contributed by atoms with E-state index in [1.807, 2.05) is 0 Å². The van der Waals surface area contributed by atoms with Crippen molar-refractivity contribution in [2.75, 3.05) is 26.4 Å². The lowest BCUT2D eigenvalue weighted by Gasteiger charge is -2.30. The molecule has 2 saturated heterocycles. The molecule has 0 aliphatic carbocycles. The predicted octanol–water partition coefficient (Wildman–Crippen LogP) is 11.0. The van der Waals surface area contributed by atoms with Gasteiger partial charge in [-0.1, -0.05) is 105 Å². The molecule has 2 fully saturated rings. The second kappa shape index (κ2) is 18.6. The first-order chi connectivity index (χ1) is 22.8. The second-order valence-corrected chi connectivity index (χ2v) is 14.8. The average molecular weight is 649 g/mol. The number of aryl methyl sites for hydroxylation is 4. The van der Waals surface area contributed by atoms with Crippen molar-refractivity contribution in [1.29, 1.82) is 0 Å². The maximum atomic E-state index is 6.60. The monoisotopic (exact) mass is 649 g/mol. The van der Waals surface area contributed by atoms with Crippen LogP contribution in [0.5, 0.6) is 11.5 Å². The topological polar surface area (TPSA) is 43.5 Å². The first-order valence-electron chi connectivity index (χ1n) is 19.6. The molecule has 2 aromatic rings. The summed E-state index contributed by atoms with van der Waals surface area (Å²) in [4.78, 5) is 0. The third-order valence-electron chi connectivity index (χ3n) is 11.0. The van der Waals surface area contributed by atoms with Crippen molar-refractivity contribution < 1.29 is 18.9 Å². The first-order valence-corrected chi connectivity index (χ1v) is 19.6. The van der Waals surface area contributed by atoms with Crippen LogP contribution in [0.3, 0.4) is 0 Å². The summed E-state index contributed by atoms with van der Waals surface area (Å²) in [5.74, 6) is 3.64. The van der Waals surface area contributed by atoms with Crippen LogP contribution in [-0.2, 0) is 40.6 Å². The minimum atomic E-state index is -0.133. The van der Waals surface area contributed by atoms with E-state index >= 15 is 0 Å². The van der Waals surface area contributed by atoms with E-state index < -0.39 is 0 Å². The Morgan fingerprint density at radius 2 is 0.894 bits per heavy atom. The number of unbranched alkanes of at least 4 members (excludes halogenated alkanes) is 2. The fraction of sp³-hybridized carbons (Fsp3) is 0.721. The Balaban J connectivity index is 1.46. The largest absolute Gasteiger partial charge is 0.493 e. The Morgan fingerprint density at radius 1 is 0.574 bits per heavy atom. The molecule has 4 unspecified atom stereocenters. The predicted molar refractivity (Wildman–Crippen MR) is 197 cm³/mol. The van der Waals surface area contributed by atoms with Crippen LogP contribution >= 0.6 is 0 Å². The second-order valence-electron chi connectivity index (χ2n) is 14.8. The molecule has 264 valence electrons. The molecule has 0 bridgehead atoms. The van der Waals surface area contributed by atoms with Crippen molar-refractivity contribution in [1.82, 2.24) is 0 Å². The van der Waals surface area contributed by atoms with E-state index in [9.17, 15) is 0 Å². The molecular weight excluding hydrogens is 580 g/mol. The van der Waals surface area contributed by atoms with Crippen LogP contribution in [0.25, 0.3) is 0 Å². The Hall–Kier alpha value is -2.04. The van der Waals surface area contributed by atoms with E-state index in [-0.39, 0.29) is 5.41 Å². The molecule has 4 heteroatoms. The molecule has 0 amide bonds. The molecule has 4 atom stereocenters. The molecule has 4 rings (SSSR count). The molecule has 0 N–H and O–H groups in total. The van der Waals surface area contributed by atoms with E-state index in [1.54, 1.807) is 0 Å². The lowest BCUT2D eigenvalue weighted by molar-refractivity contribution is 0.255. The van der Waals surface area contributed by atoms with Gasteiger partial charge in [0.25, 0.3) is 0 Å². The Kier molecular flexibility index (Phi) is 15.0. The first kappa shape index (κ1) is 37.8. The van der Waals surface area contributed by atoms with E-state index in [0.717, 1.165) is 76.5 Å². The van der Waals surface area contributed by atoms with E-state index in [0.29, 0.717) is 24.0 Å². The minimum absolute atomic E-state index is 0.133. The standard InChI is InChI=1S/C43H68O4/c1-9-15-19-35(39-29-46-39)21-17-23-44-41-31(11-3)25-37(26-32(41)12-4)43(7,8)38-27-33(13-5)42(34(14-6)28-38)45-24-18-22-36(20-16-10-2)40-30-47-40/h25-28,35-36,39-40H,9-24,29-30H2,1-8H3. The van der Waals surface area contributed by atoms with Crippen molar-refractivity contribution in [2.45, 2.75) is 163 Å². The van der Waals surface area contributed by atoms with Gasteiger partial charge in [0.1, 0.15) is 11.5 Å². The average Bonchev–Trinajstić information content (AvgIpc) is 4.02. The molecule has 47 heavy (non-hydrogen) atoms. The highest BCUT2D eigenvalue weighted by molar-refractivity contribution is 5.53. The number of benzene rings is 2. The highest BCUT2D eigenvalue weighted by Crippen LogP contribution is 2.40. The number of epoxide rings is 2. The number of hydrogen-bond acceptors (Lipinski definition) is 4. The summed E-state index contributed by atoms with van der Waals surface area (Å²) in [6.07, 6.45) is 17.2. The summed E-state index contributed by atoms with van der Waals surface area (Å²) in [7, 11) is 0. The van der Waals surface area contributed by atoms with Gasteiger partial charge in [-0.2, -0.15) is 0 Å². The van der Waals surface area contributed by atoms with Gasteiger partial charge in [0.15, 0.2) is 0 Å². The molecule has 2 aliphatic rings. The van der Waals surface area contributed by atoms with Crippen LogP contribution in [-0.4, -0.2) is 38.6 Å². The molecule has 0 saturated carbocycles. The molecule has 4 nitrogen and oxygen atoms in total. The smallest absolute Gasteiger partial charge is 0.125 e. The van der Waals surface area contributed by atoms with E-state index in [2.05, 4.69) is 79.7 Å². The van der Waals surface area contributed by atoms with Gasteiger partial charge >= 0.3 is 0 Å². The van der Waals surface area contributed by atoms with Gasteiger partial charge in [-0.3, -0.25) is 0 Å². The van der Waals surface area contributed by atoms with Gasteiger partial charge in [-0.05, 0) is 109 Å². The summed E-state index contributed by atoms with van der Waals surface area (Å²) in [5, 5.41) is 0. The normalized spacial score (nSPS) is 18.6. The molecular formula is C43H68O4. The van der Waals surface area contributed by atoms with Crippen LogP contribution in [0.4, 0.5) is 0 Å². The molecule has 2 aromatic carbocycles. The highest BCUT2D eigenvalue weighted by atomic mass is 16.6. The summed E-state index contributed by atoms with van der Waals surface area (Å²) in [5.41, 5.74) is 7.96. The van der Waals surface area contributed by atoms with Crippen LogP contribution in [0.2, 0.25) is 0 Å². The maximum Gasteiger partial charge on any atom is 0.125 e. The SMILES string of the molecule is CCCCC(CCCOc1c(CC)cc(C(C)(C)c2cc(CC)c(OCCCC(CCCC)C3CO3)c(CC)c2)cc1CC)C1CO1. The van der Waals surface area contributed by atoms with Crippen molar-refractivity contribution in [3.63, 3.8) is 0 Å². The van der Waals surface area contributed by atoms with Crippen LogP contribution in [0, 0.1) is 11.8 Å². The fourth-order valence-corrected chi connectivity index (χ4v) is 7.48. The molecule has 2 heterocycles. The van der Waals surface area contributed by atoms with Crippen LogP contribution in [0.15, 0.2) is 24.3 Å². The van der Waals surface area contributed by atoms with Gasteiger partial charge in [0.2, 0.25) is 0 Å². The summed E-state index contributed by atoms with van der Waals surface area (Å²) in [6.45, 7) is 21.9. The molecule has 0 radical (unpaired) electrons. The van der Waals surface area contributed by atoms with Crippen molar-refractivity contribution in [3.05, 3.63) is 57.6 Å². The van der Waals surface area contributed by atoms with Crippen molar-refractivity contribution >= 4 is 0 Å². The Labute approximate surface area is 288 Å². The van der Waals surface area contributed by atoms with Gasteiger partial charge in [0.05, 0.1) is 38.6 Å². The number of ether oxygens (including phenoxy) is 4. The van der Waals surface area contributed by atoms with Gasteiger partial charge in [-0.15, -0.1) is 0 Å². The molecule has 0 aromatic heterocycles. The van der Waals surface area contributed by atoms with Gasteiger partial charge < -0.3 is 18.9 Å². The quantitative estimate of drug-likeness (QED) is 0.0839. The zero-order valence-electron chi connectivity index (χ0n) is 31.5. The van der Waals surface area contributed by atoms with Crippen molar-refractivity contribution in [3.8, 4) is 11.5 Å². The van der Waals surface area contributed by atoms with E-state index in [4.69, 9.17) is 18.9 Å². The van der Waals surface area contributed by atoms with Gasteiger partial charge in [0, 0.05) is 5.41 Å².